The van der Waals surface area contributed by atoms with E-state index < -0.39 is 0 Å². The SMILES string of the molecule is Cc1cnn(C)c1Cn1cc(Br)cn1. The third kappa shape index (κ3) is 1.72. The normalized spacial score (nSPS) is 10.8. The summed E-state index contributed by atoms with van der Waals surface area (Å²) in [6.07, 6.45) is 5.60. The van der Waals surface area contributed by atoms with Crippen LogP contribution in [0.4, 0.5) is 0 Å². The van der Waals surface area contributed by atoms with E-state index >= 15 is 0 Å². The van der Waals surface area contributed by atoms with Gasteiger partial charge >= 0.3 is 0 Å². The highest BCUT2D eigenvalue weighted by molar-refractivity contribution is 9.10. The van der Waals surface area contributed by atoms with E-state index in [0.717, 1.165) is 11.0 Å². The topological polar surface area (TPSA) is 35.6 Å². The van der Waals surface area contributed by atoms with Gasteiger partial charge in [-0.05, 0) is 28.4 Å². The van der Waals surface area contributed by atoms with E-state index in [9.17, 15) is 0 Å². The number of nitrogens with zero attached hydrogens (tertiary/aromatic N) is 4. The van der Waals surface area contributed by atoms with E-state index in [4.69, 9.17) is 0 Å². The molecule has 0 saturated heterocycles. The number of hydrogen-bond acceptors (Lipinski definition) is 2. The maximum Gasteiger partial charge on any atom is 0.0831 e. The van der Waals surface area contributed by atoms with Crippen LogP contribution in [0, 0.1) is 6.92 Å². The average Bonchev–Trinajstić information content (AvgIpc) is 2.67. The fourth-order valence-electron chi connectivity index (χ4n) is 1.38. The van der Waals surface area contributed by atoms with Gasteiger partial charge in [-0.1, -0.05) is 0 Å². The van der Waals surface area contributed by atoms with Crippen LogP contribution in [0.2, 0.25) is 0 Å². The summed E-state index contributed by atoms with van der Waals surface area (Å²) in [6.45, 7) is 2.81. The van der Waals surface area contributed by atoms with Crippen LogP contribution in [0.15, 0.2) is 23.1 Å². The van der Waals surface area contributed by atoms with Crippen molar-refractivity contribution < 1.29 is 0 Å². The Morgan fingerprint density at radius 2 is 2.14 bits per heavy atom. The van der Waals surface area contributed by atoms with Gasteiger partial charge in [-0.25, -0.2) is 0 Å². The van der Waals surface area contributed by atoms with Crippen LogP contribution in [0.3, 0.4) is 0 Å². The number of hydrogen-bond donors (Lipinski definition) is 0. The molecule has 0 amide bonds. The molecule has 0 saturated carbocycles. The molecule has 4 nitrogen and oxygen atoms in total. The first kappa shape index (κ1) is 9.45. The van der Waals surface area contributed by atoms with Gasteiger partial charge in [0.05, 0.1) is 29.1 Å². The van der Waals surface area contributed by atoms with Gasteiger partial charge in [-0.3, -0.25) is 9.36 Å². The van der Waals surface area contributed by atoms with Crippen LogP contribution in [0.1, 0.15) is 11.3 Å². The molecule has 0 atom stereocenters. The number of halogens is 1. The lowest BCUT2D eigenvalue weighted by molar-refractivity contribution is 0.617. The molecule has 0 aromatic carbocycles. The highest BCUT2D eigenvalue weighted by Crippen LogP contribution is 2.10. The van der Waals surface area contributed by atoms with Gasteiger partial charge in [0.25, 0.3) is 0 Å². The lowest BCUT2D eigenvalue weighted by atomic mass is 10.3. The van der Waals surface area contributed by atoms with Gasteiger partial charge in [-0.15, -0.1) is 0 Å². The van der Waals surface area contributed by atoms with Crippen molar-refractivity contribution in [3.8, 4) is 0 Å². The maximum absolute atomic E-state index is 4.20. The summed E-state index contributed by atoms with van der Waals surface area (Å²) in [4.78, 5) is 0. The van der Waals surface area contributed by atoms with Crippen LogP contribution in [-0.2, 0) is 13.6 Å². The number of rotatable bonds is 2. The predicted molar refractivity (Wildman–Crippen MR) is 57.0 cm³/mol. The lowest BCUT2D eigenvalue weighted by Crippen LogP contribution is -2.06. The summed E-state index contributed by atoms with van der Waals surface area (Å²) < 4.78 is 4.76. The Morgan fingerprint density at radius 1 is 1.36 bits per heavy atom. The van der Waals surface area contributed by atoms with Crippen molar-refractivity contribution in [2.24, 2.45) is 7.05 Å². The van der Waals surface area contributed by atoms with Gasteiger partial charge in [0.2, 0.25) is 0 Å². The van der Waals surface area contributed by atoms with Crippen LogP contribution in [-0.4, -0.2) is 19.6 Å². The molecule has 5 heteroatoms. The molecule has 0 aliphatic carbocycles. The van der Waals surface area contributed by atoms with Crippen LogP contribution >= 0.6 is 15.9 Å². The molecule has 0 radical (unpaired) electrons. The summed E-state index contributed by atoms with van der Waals surface area (Å²) in [5, 5.41) is 8.38. The Bertz CT molecular complexity index is 424. The molecule has 74 valence electrons. The average molecular weight is 255 g/mol. The summed E-state index contributed by atoms with van der Waals surface area (Å²) in [6, 6.07) is 0. The Labute approximate surface area is 90.7 Å². The molecule has 0 unspecified atom stereocenters. The molecule has 2 heterocycles. The Hall–Kier alpha value is -1.10. The molecule has 0 fully saturated rings. The third-order valence-electron chi connectivity index (χ3n) is 2.18. The van der Waals surface area contributed by atoms with E-state index in [0.29, 0.717) is 0 Å². The minimum atomic E-state index is 0.758. The standard InChI is InChI=1S/C9H11BrN4/c1-7-3-11-13(2)9(7)6-14-5-8(10)4-12-14/h3-5H,6H2,1-2H3. The van der Waals surface area contributed by atoms with E-state index in [1.165, 1.54) is 11.3 Å². The van der Waals surface area contributed by atoms with Crippen LogP contribution in [0.5, 0.6) is 0 Å². The van der Waals surface area contributed by atoms with Crippen molar-refractivity contribution in [3.05, 3.63) is 34.3 Å². The Morgan fingerprint density at radius 3 is 2.64 bits per heavy atom. The van der Waals surface area contributed by atoms with E-state index in [-0.39, 0.29) is 0 Å². The smallest absolute Gasteiger partial charge is 0.0831 e. The number of aryl methyl sites for hydroxylation is 2. The predicted octanol–water partition coefficient (Wildman–Crippen LogP) is 1.74. The molecular formula is C9H11BrN4. The fraction of sp³-hybridized carbons (Fsp3) is 0.333. The van der Waals surface area contributed by atoms with E-state index in [1.54, 1.807) is 6.20 Å². The number of aromatic nitrogens is 4. The van der Waals surface area contributed by atoms with Gasteiger partial charge in [0.15, 0.2) is 0 Å². The summed E-state index contributed by atoms with van der Waals surface area (Å²) >= 11 is 3.37. The summed E-state index contributed by atoms with van der Waals surface area (Å²) in [7, 11) is 1.95. The highest BCUT2D eigenvalue weighted by Gasteiger charge is 2.05. The van der Waals surface area contributed by atoms with Gasteiger partial charge in [0.1, 0.15) is 0 Å². The van der Waals surface area contributed by atoms with Crippen molar-refractivity contribution in [2.45, 2.75) is 13.5 Å². The second-order valence-corrected chi connectivity index (χ2v) is 4.17. The fourth-order valence-corrected chi connectivity index (χ4v) is 1.71. The second-order valence-electron chi connectivity index (χ2n) is 3.25. The monoisotopic (exact) mass is 254 g/mol. The van der Waals surface area contributed by atoms with Crippen molar-refractivity contribution in [2.75, 3.05) is 0 Å². The van der Waals surface area contributed by atoms with Gasteiger partial charge in [0, 0.05) is 13.2 Å². The Balaban J connectivity index is 2.26. The largest absolute Gasteiger partial charge is 0.270 e. The zero-order chi connectivity index (χ0) is 10.1. The first-order valence-corrected chi connectivity index (χ1v) is 5.11. The molecule has 2 rings (SSSR count). The maximum atomic E-state index is 4.20. The van der Waals surface area contributed by atoms with Crippen LogP contribution in [0.25, 0.3) is 0 Å². The minimum Gasteiger partial charge on any atom is -0.270 e. The molecule has 0 N–H and O–H groups in total. The molecule has 0 aliphatic rings. The zero-order valence-corrected chi connectivity index (χ0v) is 9.69. The highest BCUT2D eigenvalue weighted by atomic mass is 79.9. The first-order chi connectivity index (χ1) is 6.66. The van der Waals surface area contributed by atoms with Gasteiger partial charge < -0.3 is 0 Å². The molecule has 2 aromatic heterocycles. The van der Waals surface area contributed by atoms with Crippen LogP contribution < -0.4 is 0 Å². The lowest BCUT2D eigenvalue weighted by Gasteiger charge is -2.03. The second kappa shape index (κ2) is 3.57. The van der Waals surface area contributed by atoms with Crippen molar-refractivity contribution in [1.82, 2.24) is 19.6 Å². The molecular weight excluding hydrogens is 244 g/mol. The third-order valence-corrected chi connectivity index (χ3v) is 2.59. The van der Waals surface area contributed by atoms with E-state index in [2.05, 4.69) is 33.1 Å². The zero-order valence-electron chi connectivity index (χ0n) is 8.11. The molecule has 2 aromatic rings. The molecule has 14 heavy (non-hydrogen) atoms. The first-order valence-electron chi connectivity index (χ1n) is 4.32. The molecule has 0 aliphatic heterocycles. The van der Waals surface area contributed by atoms with Crippen molar-refractivity contribution in [1.29, 1.82) is 0 Å². The van der Waals surface area contributed by atoms with Crippen molar-refractivity contribution in [3.63, 3.8) is 0 Å². The molecule has 0 spiro atoms. The Kier molecular flexibility index (Phi) is 2.41. The van der Waals surface area contributed by atoms with E-state index in [1.807, 2.05) is 28.8 Å². The minimum absolute atomic E-state index is 0.758. The molecule has 0 bridgehead atoms. The van der Waals surface area contributed by atoms with Gasteiger partial charge in [-0.2, -0.15) is 10.2 Å². The quantitative estimate of drug-likeness (QED) is 0.819. The summed E-state index contributed by atoms with van der Waals surface area (Å²) in [5.41, 5.74) is 2.37. The van der Waals surface area contributed by atoms with Crippen molar-refractivity contribution >= 4 is 15.9 Å². The summed E-state index contributed by atoms with van der Waals surface area (Å²) in [5.74, 6) is 0.